The fraction of sp³-hybridized carbons (Fsp3) is 0.333. The molecule has 0 bridgehead atoms. The molecule has 0 aliphatic rings. The first-order valence-electron chi connectivity index (χ1n) is 7.46. The summed E-state index contributed by atoms with van der Waals surface area (Å²) in [5.74, 6) is 0. The van der Waals surface area contributed by atoms with Gasteiger partial charge in [0, 0.05) is 18.3 Å². The van der Waals surface area contributed by atoms with Crippen LogP contribution in [0, 0.1) is 0 Å². The van der Waals surface area contributed by atoms with Crippen LogP contribution in [0.4, 0.5) is 18.9 Å². The second-order valence-electron chi connectivity index (χ2n) is 5.72. The summed E-state index contributed by atoms with van der Waals surface area (Å²) in [6.45, 7) is 4.18. The Labute approximate surface area is 134 Å². The van der Waals surface area contributed by atoms with Crippen LogP contribution < -0.4 is 4.90 Å². The number of hydrogen-bond donors (Lipinski definition) is 1. The van der Waals surface area contributed by atoms with E-state index in [1.165, 1.54) is 12.1 Å². The van der Waals surface area contributed by atoms with E-state index < -0.39 is 17.8 Å². The second-order valence-corrected chi connectivity index (χ2v) is 5.72. The highest BCUT2D eigenvalue weighted by molar-refractivity contribution is 5.47. The molecular formula is C18H20F3NO. The van der Waals surface area contributed by atoms with Crippen LogP contribution in [0.2, 0.25) is 0 Å². The zero-order valence-electron chi connectivity index (χ0n) is 13.1. The van der Waals surface area contributed by atoms with E-state index in [9.17, 15) is 18.3 Å². The summed E-state index contributed by atoms with van der Waals surface area (Å²) in [4.78, 5) is 1.96. The summed E-state index contributed by atoms with van der Waals surface area (Å²) in [5.41, 5.74) is 0.444. The van der Waals surface area contributed by atoms with Crippen LogP contribution in [0.15, 0.2) is 54.6 Å². The molecule has 0 radical (unpaired) electrons. The van der Waals surface area contributed by atoms with E-state index in [4.69, 9.17) is 0 Å². The van der Waals surface area contributed by atoms with Crippen molar-refractivity contribution in [2.75, 3.05) is 11.4 Å². The number of nitrogens with zero attached hydrogens (tertiary/aromatic N) is 1. The summed E-state index contributed by atoms with van der Waals surface area (Å²) in [6, 6.07) is 14.5. The second kappa shape index (κ2) is 7.04. The molecule has 0 amide bonds. The van der Waals surface area contributed by atoms with E-state index in [0.717, 1.165) is 17.8 Å². The van der Waals surface area contributed by atoms with Crippen molar-refractivity contribution in [3.8, 4) is 0 Å². The summed E-state index contributed by atoms with van der Waals surface area (Å²) >= 11 is 0. The van der Waals surface area contributed by atoms with Gasteiger partial charge < -0.3 is 10.0 Å². The van der Waals surface area contributed by atoms with Crippen LogP contribution in [0.1, 0.15) is 31.1 Å². The summed E-state index contributed by atoms with van der Waals surface area (Å²) < 4.78 is 38.4. The van der Waals surface area contributed by atoms with Crippen LogP contribution in [0.25, 0.3) is 0 Å². The molecule has 2 aromatic carbocycles. The highest BCUT2D eigenvalue weighted by Crippen LogP contribution is 2.31. The zero-order chi connectivity index (χ0) is 17.0. The summed E-state index contributed by atoms with van der Waals surface area (Å²) in [7, 11) is 0. The maximum Gasteiger partial charge on any atom is 0.416 e. The minimum atomic E-state index is -4.41. The van der Waals surface area contributed by atoms with Crippen molar-refractivity contribution in [1.82, 2.24) is 0 Å². The highest BCUT2D eigenvalue weighted by atomic mass is 19.4. The Morgan fingerprint density at radius 1 is 1.00 bits per heavy atom. The molecule has 0 fully saturated rings. The average molecular weight is 323 g/mol. The van der Waals surface area contributed by atoms with E-state index in [-0.39, 0.29) is 18.2 Å². The average Bonchev–Trinajstić information content (AvgIpc) is 2.52. The van der Waals surface area contributed by atoms with Gasteiger partial charge in [0.15, 0.2) is 0 Å². The normalized spacial score (nSPS) is 13.2. The number of aliphatic hydroxyl groups excluding tert-OH is 1. The fourth-order valence-corrected chi connectivity index (χ4v) is 2.45. The van der Waals surface area contributed by atoms with Gasteiger partial charge in [-0.25, -0.2) is 0 Å². The highest BCUT2D eigenvalue weighted by Gasteiger charge is 2.31. The van der Waals surface area contributed by atoms with Gasteiger partial charge in [-0.3, -0.25) is 0 Å². The first kappa shape index (κ1) is 17.3. The first-order chi connectivity index (χ1) is 10.8. The van der Waals surface area contributed by atoms with Gasteiger partial charge in [-0.2, -0.15) is 13.2 Å². The Bertz CT molecular complexity index is 626. The van der Waals surface area contributed by atoms with Crippen molar-refractivity contribution < 1.29 is 18.3 Å². The third-order valence-electron chi connectivity index (χ3n) is 3.68. The molecule has 1 atom stereocenters. The predicted octanol–water partition coefficient (Wildman–Crippen LogP) is 4.65. The lowest BCUT2D eigenvalue weighted by molar-refractivity contribution is -0.137. The fourth-order valence-electron chi connectivity index (χ4n) is 2.45. The molecule has 0 unspecified atom stereocenters. The van der Waals surface area contributed by atoms with E-state index in [1.807, 2.05) is 49.1 Å². The maximum atomic E-state index is 12.8. The number of para-hydroxylation sites is 1. The SMILES string of the molecule is CC(C)N(C[C@H](O)c1cccc(C(F)(F)F)c1)c1ccccc1. The molecule has 2 aromatic rings. The third kappa shape index (κ3) is 4.48. The van der Waals surface area contributed by atoms with Crippen molar-refractivity contribution in [2.24, 2.45) is 0 Å². The lowest BCUT2D eigenvalue weighted by Crippen LogP contribution is -2.34. The molecule has 0 aliphatic heterocycles. The number of rotatable bonds is 5. The van der Waals surface area contributed by atoms with Crippen molar-refractivity contribution in [2.45, 2.75) is 32.2 Å². The molecule has 23 heavy (non-hydrogen) atoms. The van der Waals surface area contributed by atoms with Gasteiger partial charge in [0.2, 0.25) is 0 Å². The smallest absolute Gasteiger partial charge is 0.387 e. The van der Waals surface area contributed by atoms with E-state index in [0.29, 0.717) is 0 Å². The van der Waals surface area contributed by atoms with Gasteiger partial charge in [0.25, 0.3) is 0 Å². The van der Waals surface area contributed by atoms with Gasteiger partial charge in [-0.15, -0.1) is 0 Å². The largest absolute Gasteiger partial charge is 0.416 e. The standard InChI is InChI=1S/C18H20F3NO/c1-13(2)22(16-9-4-3-5-10-16)12-17(23)14-7-6-8-15(11-14)18(19,20)21/h3-11,13,17,23H,12H2,1-2H3/t17-/m0/s1. The van der Waals surface area contributed by atoms with Crippen LogP contribution >= 0.6 is 0 Å². The van der Waals surface area contributed by atoms with Crippen LogP contribution in [0.3, 0.4) is 0 Å². The Kier molecular flexibility index (Phi) is 5.31. The van der Waals surface area contributed by atoms with E-state index in [1.54, 1.807) is 0 Å². The molecule has 0 aliphatic carbocycles. The van der Waals surface area contributed by atoms with Crippen molar-refractivity contribution in [3.05, 3.63) is 65.7 Å². The zero-order valence-corrected chi connectivity index (χ0v) is 13.1. The molecule has 2 rings (SSSR count). The van der Waals surface area contributed by atoms with Crippen molar-refractivity contribution >= 4 is 5.69 Å². The number of alkyl halides is 3. The quantitative estimate of drug-likeness (QED) is 0.865. The Hall–Kier alpha value is -2.01. The van der Waals surface area contributed by atoms with E-state index in [2.05, 4.69) is 0 Å². The van der Waals surface area contributed by atoms with Gasteiger partial charge in [0.1, 0.15) is 0 Å². The molecule has 0 saturated carbocycles. The van der Waals surface area contributed by atoms with Crippen LogP contribution in [0.5, 0.6) is 0 Å². The number of hydrogen-bond acceptors (Lipinski definition) is 2. The van der Waals surface area contributed by atoms with Crippen LogP contribution in [-0.2, 0) is 6.18 Å². The molecule has 124 valence electrons. The number of halogens is 3. The Morgan fingerprint density at radius 3 is 2.22 bits per heavy atom. The van der Waals surface area contributed by atoms with Crippen molar-refractivity contribution in [1.29, 1.82) is 0 Å². The monoisotopic (exact) mass is 323 g/mol. The van der Waals surface area contributed by atoms with E-state index >= 15 is 0 Å². The van der Waals surface area contributed by atoms with Gasteiger partial charge in [-0.1, -0.05) is 30.3 Å². The molecule has 2 nitrogen and oxygen atoms in total. The minimum absolute atomic E-state index is 0.109. The number of anilines is 1. The molecule has 0 saturated heterocycles. The Morgan fingerprint density at radius 2 is 1.65 bits per heavy atom. The molecule has 1 N–H and O–H groups in total. The molecule has 0 heterocycles. The van der Waals surface area contributed by atoms with Gasteiger partial charge >= 0.3 is 6.18 Å². The minimum Gasteiger partial charge on any atom is -0.387 e. The number of aliphatic hydroxyl groups is 1. The van der Waals surface area contributed by atoms with Gasteiger partial charge in [-0.05, 0) is 43.7 Å². The maximum absolute atomic E-state index is 12.8. The predicted molar refractivity (Wildman–Crippen MR) is 85.3 cm³/mol. The van der Waals surface area contributed by atoms with Gasteiger partial charge in [0.05, 0.1) is 11.7 Å². The van der Waals surface area contributed by atoms with Crippen molar-refractivity contribution in [3.63, 3.8) is 0 Å². The molecule has 0 spiro atoms. The summed E-state index contributed by atoms with van der Waals surface area (Å²) in [6.07, 6.45) is -5.41. The van der Waals surface area contributed by atoms with Crippen LogP contribution in [-0.4, -0.2) is 17.7 Å². The first-order valence-corrected chi connectivity index (χ1v) is 7.46. The number of benzene rings is 2. The third-order valence-corrected chi connectivity index (χ3v) is 3.68. The Balaban J connectivity index is 2.21. The topological polar surface area (TPSA) is 23.5 Å². The molecule has 0 aromatic heterocycles. The summed E-state index contributed by atoms with van der Waals surface area (Å²) in [5, 5.41) is 10.4. The molecule has 5 heteroatoms. The lowest BCUT2D eigenvalue weighted by atomic mass is 10.0. The lowest BCUT2D eigenvalue weighted by Gasteiger charge is -2.31. The molecular weight excluding hydrogens is 303 g/mol.